The van der Waals surface area contributed by atoms with Gasteiger partial charge in [0.05, 0.1) is 0 Å². The minimum Gasteiger partial charge on any atom is -0.456 e. The normalized spacial score (nSPS) is 11.8. The van der Waals surface area contributed by atoms with Crippen molar-refractivity contribution in [3.63, 3.8) is 0 Å². The van der Waals surface area contributed by atoms with Gasteiger partial charge in [0.15, 0.2) is 0 Å². The Balaban J connectivity index is 1.40. The van der Waals surface area contributed by atoms with Gasteiger partial charge >= 0.3 is 0 Å². The van der Waals surface area contributed by atoms with Gasteiger partial charge in [0.1, 0.15) is 22.8 Å². The van der Waals surface area contributed by atoms with E-state index in [0.29, 0.717) is 0 Å². The molecule has 0 N–H and O–H groups in total. The van der Waals surface area contributed by atoms with Gasteiger partial charge < -0.3 is 9.15 Å². The molecule has 0 atom stereocenters. The van der Waals surface area contributed by atoms with E-state index in [1.807, 2.05) is 6.08 Å². The van der Waals surface area contributed by atoms with Crippen molar-refractivity contribution in [1.82, 2.24) is 0 Å². The number of para-hydroxylation sites is 1. The van der Waals surface area contributed by atoms with Crippen molar-refractivity contribution in [3.8, 4) is 22.6 Å². The Kier molecular flexibility index (Phi) is 6.68. The van der Waals surface area contributed by atoms with Crippen molar-refractivity contribution in [2.75, 3.05) is 0 Å². The highest BCUT2D eigenvalue weighted by atomic mass is 16.5. The van der Waals surface area contributed by atoms with Crippen molar-refractivity contribution in [2.24, 2.45) is 0 Å². The average molecular weight is 557 g/mol. The maximum atomic E-state index is 6.71. The fourth-order valence-corrected chi connectivity index (χ4v) is 6.15. The summed E-state index contributed by atoms with van der Waals surface area (Å²) >= 11 is 0. The minimum atomic E-state index is 0.770. The fourth-order valence-electron chi connectivity index (χ4n) is 6.15. The molecule has 43 heavy (non-hydrogen) atoms. The van der Waals surface area contributed by atoms with Crippen LogP contribution in [-0.4, -0.2) is 0 Å². The number of rotatable bonds is 6. The molecule has 0 unspecified atom stereocenters. The van der Waals surface area contributed by atoms with E-state index in [-0.39, 0.29) is 0 Å². The molecule has 2 nitrogen and oxygen atoms in total. The van der Waals surface area contributed by atoms with Crippen LogP contribution in [0, 0.1) is 13.8 Å². The Morgan fingerprint density at radius 3 is 2.16 bits per heavy atom. The number of benzene rings is 6. The van der Waals surface area contributed by atoms with E-state index in [0.717, 1.165) is 83.2 Å². The molecule has 1 heterocycles. The zero-order valence-electron chi connectivity index (χ0n) is 24.6. The number of hydrogen-bond donors (Lipinski definition) is 0. The van der Waals surface area contributed by atoms with E-state index >= 15 is 0 Å². The standard InChI is InChI=1S/C41H32O2/c1-5-30(29-21-18-26(3)19-22-29)39-36-17-11-16-35(41(36)42-37(39)6-2)33-24-25-38(34-15-10-9-14-32(33)34)43-40-27(4)20-23-28-12-7-8-13-31(28)40/h5-25H,2H2,1,3-4H3/b30-5-. The Bertz CT molecular complexity index is 2190. The van der Waals surface area contributed by atoms with E-state index < -0.39 is 0 Å². The zero-order chi connectivity index (χ0) is 29.5. The van der Waals surface area contributed by atoms with Gasteiger partial charge in [0.2, 0.25) is 0 Å². The Labute approximate surface area is 252 Å². The van der Waals surface area contributed by atoms with Crippen molar-refractivity contribution in [2.45, 2.75) is 20.8 Å². The lowest BCUT2D eigenvalue weighted by atomic mass is 9.92. The van der Waals surface area contributed by atoms with Crippen molar-refractivity contribution in [3.05, 3.63) is 156 Å². The van der Waals surface area contributed by atoms with Crippen LogP contribution in [0.2, 0.25) is 0 Å². The Hall–Kier alpha value is -5.34. The molecule has 0 fully saturated rings. The van der Waals surface area contributed by atoms with Crippen LogP contribution in [0.3, 0.4) is 0 Å². The predicted molar refractivity (Wildman–Crippen MR) is 182 cm³/mol. The number of allylic oxidation sites excluding steroid dienone is 1. The summed E-state index contributed by atoms with van der Waals surface area (Å²) in [6, 6.07) is 40.3. The molecule has 6 aromatic carbocycles. The van der Waals surface area contributed by atoms with Crippen LogP contribution in [0.5, 0.6) is 11.5 Å². The third kappa shape index (κ3) is 4.52. The van der Waals surface area contributed by atoms with Crippen LogP contribution in [0.1, 0.15) is 34.9 Å². The molecule has 7 aromatic rings. The summed E-state index contributed by atoms with van der Waals surface area (Å²) in [7, 11) is 0. The van der Waals surface area contributed by atoms with Gasteiger partial charge in [-0.15, -0.1) is 0 Å². The molecule has 2 heteroatoms. The van der Waals surface area contributed by atoms with Crippen molar-refractivity contribution in [1.29, 1.82) is 0 Å². The number of aryl methyl sites for hydroxylation is 2. The molecule has 0 saturated carbocycles. The van der Waals surface area contributed by atoms with Gasteiger partial charge in [0, 0.05) is 27.3 Å². The smallest absolute Gasteiger partial charge is 0.143 e. The Morgan fingerprint density at radius 1 is 0.674 bits per heavy atom. The zero-order valence-corrected chi connectivity index (χ0v) is 24.6. The van der Waals surface area contributed by atoms with Crippen LogP contribution in [0.15, 0.2) is 132 Å². The fraction of sp³-hybridized carbons (Fsp3) is 0.0732. The first-order valence-corrected chi connectivity index (χ1v) is 14.7. The number of hydrogen-bond acceptors (Lipinski definition) is 2. The van der Waals surface area contributed by atoms with E-state index in [1.165, 1.54) is 5.56 Å². The average Bonchev–Trinajstić information content (AvgIpc) is 3.42. The maximum absolute atomic E-state index is 6.71. The molecule has 1 aromatic heterocycles. The summed E-state index contributed by atoms with van der Waals surface area (Å²) < 4.78 is 13.3. The van der Waals surface area contributed by atoms with Gasteiger partial charge in [0.25, 0.3) is 0 Å². The van der Waals surface area contributed by atoms with Crippen molar-refractivity contribution >= 4 is 44.2 Å². The van der Waals surface area contributed by atoms with Gasteiger partial charge in [-0.3, -0.25) is 0 Å². The monoisotopic (exact) mass is 556 g/mol. The Morgan fingerprint density at radius 2 is 1.40 bits per heavy atom. The van der Waals surface area contributed by atoms with Crippen LogP contribution in [0.25, 0.3) is 55.3 Å². The van der Waals surface area contributed by atoms with Gasteiger partial charge in [-0.2, -0.15) is 0 Å². The molecular formula is C41H32O2. The third-order valence-corrected chi connectivity index (χ3v) is 8.31. The van der Waals surface area contributed by atoms with Crippen molar-refractivity contribution < 1.29 is 9.15 Å². The third-order valence-electron chi connectivity index (χ3n) is 8.31. The number of furan rings is 1. The number of ether oxygens (including phenoxy) is 1. The molecule has 208 valence electrons. The first-order chi connectivity index (χ1) is 21.1. The molecular weight excluding hydrogens is 524 g/mol. The SMILES string of the molecule is C=Cc1oc2c(-c3ccc(Oc4c(C)ccc5ccccc45)c4ccccc34)cccc2c1/C(=C\C)c1ccc(C)cc1. The summed E-state index contributed by atoms with van der Waals surface area (Å²) in [5.74, 6) is 2.49. The van der Waals surface area contributed by atoms with Gasteiger partial charge in [-0.25, -0.2) is 0 Å². The van der Waals surface area contributed by atoms with Crippen LogP contribution < -0.4 is 4.74 Å². The molecule has 0 amide bonds. The maximum Gasteiger partial charge on any atom is 0.143 e. The second-order valence-electron chi connectivity index (χ2n) is 11.0. The number of fused-ring (bicyclic) bond motifs is 3. The first-order valence-electron chi connectivity index (χ1n) is 14.7. The lowest BCUT2D eigenvalue weighted by molar-refractivity contribution is 0.490. The highest BCUT2D eigenvalue weighted by molar-refractivity contribution is 6.09. The molecule has 0 radical (unpaired) electrons. The summed E-state index contributed by atoms with van der Waals surface area (Å²) in [4.78, 5) is 0. The molecule has 0 aliphatic carbocycles. The topological polar surface area (TPSA) is 22.4 Å². The lowest BCUT2D eigenvalue weighted by Crippen LogP contribution is -1.92. The molecule has 7 rings (SSSR count). The van der Waals surface area contributed by atoms with Crippen LogP contribution in [-0.2, 0) is 0 Å². The molecule has 0 bridgehead atoms. The van der Waals surface area contributed by atoms with E-state index in [2.05, 4.69) is 149 Å². The second kappa shape index (κ2) is 10.8. The quantitative estimate of drug-likeness (QED) is 0.203. The van der Waals surface area contributed by atoms with E-state index in [9.17, 15) is 0 Å². The lowest BCUT2D eigenvalue weighted by Gasteiger charge is -2.16. The largest absolute Gasteiger partial charge is 0.456 e. The molecule has 0 saturated heterocycles. The molecule has 0 aliphatic heterocycles. The van der Waals surface area contributed by atoms with Crippen LogP contribution in [0.4, 0.5) is 0 Å². The molecule has 0 aliphatic rings. The highest BCUT2D eigenvalue weighted by Gasteiger charge is 2.21. The predicted octanol–water partition coefficient (Wildman–Crippen LogP) is 11.9. The first kappa shape index (κ1) is 26.6. The van der Waals surface area contributed by atoms with E-state index in [4.69, 9.17) is 9.15 Å². The summed E-state index contributed by atoms with van der Waals surface area (Å²) in [6.45, 7) is 10.4. The summed E-state index contributed by atoms with van der Waals surface area (Å²) in [5.41, 5.74) is 8.66. The second-order valence-corrected chi connectivity index (χ2v) is 11.0. The minimum absolute atomic E-state index is 0.770. The van der Waals surface area contributed by atoms with Crippen LogP contribution >= 0.6 is 0 Å². The highest BCUT2D eigenvalue weighted by Crippen LogP contribution is 2.44. The van der Waals surface area contributed by atoms with Gasteiger partial charge in [-0.05, 0) is 72.0 Å². The molecule has 0 spiro atoms. The van der Waals surface area contributed by atoms with Gasteiger partial charge in [-0.1, -0.05) is 121 Å². The van der Waals surface area contributed by atoms with E-state index in [1.54, 1.807) is 0 Å². The summed E-state index contributed by atoms with van der Waals surface area (Å²) in [6.07, 6.45) is 3.98. The summed E-state index contributed by atoms with van der Waals surface area (Å²) in [5, 5.41) is 5.49.